The number of rotatable bonds is 4. The van der Waals surface area contributed by atoms with Crippen LogP contribution in [-0.2, 0) is 6.54 Å². The molecule has 0 saturated heterocycles. The van der Waals surface area contributed by atoms with E-state index >= 15 is 0 Å². The first-order valence-electron chi connectivity index (χ1n) is 6.51. The Morgan fingerprint density at radius 3 is 2.83 bits per heavy atom. The number of nitrogens with one attached hydrogen (secondary N) is 2. The van der Waals surface area contributed by atoms with Crippen molar-refractivity contribution in [1.29, 1.82) is 0 Å². The highest BCUT2D eigenvalue weighted by Gasteiger charge is 2.33. The number of thiazole rings is 1. The highest BCUT2D eigenvalue weighted by atomic mass is 32.1. The van der Waals surface area contributed by atoms with Crippen molar-refractivity contribution in [2.24, 2.45) is 10.9 Å². The van der Waals surface area contributed by atoms with Crippen LogP contribution in [0.25, 0.3) is 0 Å². The summed E-state index contributed by atoms with van der Waals surface area (Å²) in [5.74, 6) is 2.16. The maximum absolute atomic E-state index is 4.60. The van der Waals surface area contributed by atoms with Gasteiger partial charge in [-0.05, 0) is 12.3 Å². The Kier molecular flexibility index (Phi) is 4.22. The molecule has 0 spiro atoms. The van der Waals surface area contributed by atoms with Gasteiger partial charge in [0.15, 0.2) is 5.96 Å². The van der Waals surface area contributed by atoms with Crippen LogP contribution in [0, 0.1) is 5.92 Å². The second-order valence-corrected chi connectivity index (χ2v) is 6.11. The second-order valence-electron chi connectivity index (χ2n) is 5.22. The van der Waals surface area contributed by atoms with Crippen LogP contribution in [0.3, 0.4) is 0 Å². The third-order valence-electron chi connectivity index (χ3n) is 3.16. The molecule has 1 fully saturated rings. The van der Waals surface area contributed by atoms with Gasteiger partial charge in [0, 0.05) is 24.4 Å². The standard InChI is InChI=1S/C13H22N4S/c1-8(2)12-16-10(7-18-12)6-15-13(14-4)17-11-5-9(11)3/h7-9,11H,5-6H2,1-4H3,(H2,14,15,17). The summed E-state index contributed by atoms with van der Waals surface area (Å²) in [5, 5.41) is 10.0. The Balaban J connectivity index is 1.81. The summed E-state index contributed by atoms with van der Waals surface area (Å²) < 4.78 is 0. The molecule has 0 radical (unpaired) electrons. The second kappa shape index (κ2) is 5.69. The highest BCUT2D eigenvalue weighted by molar-refractivity contribution is 7.09. The molecule has 0 bridgehead atoms. The molecule has 0 amide bonds. The summed E-state index contributed by atoms with van der Waals surface area (Å²) in [6.07, 6.45) is 1.24. The van der Waals surface area contributed by atoms with Crippen LogP contribution in [0.4, 0.5) is 0 Å². The quantitative estimate of drug-likeness (QED) is 0.649. The fourth-order valence-corrected chi connectivity index (χ4v) is 2.57. The zero-order valence-electron chi connectivity index (χ0n) is 11.5. The van der Waals surface area contributed by atoms with Crippen LogP contribution in [0.2, 0.25) is 0 Å². The van der Waals surface area contributed by atoms with Crippen molar-refractivity contribution >= 4 is 17.3 Å². The normalized spacial score (nSPS) is 23.3. The first-order valence-corrected chi connectivity index (χ1v) is 7.39. The van der Waals surface area contributed by atoms with E-state index in [-0.39, 0.29) is 0 Å². The lowest BCUT2D eigenvalue weighted by Crippen LogP contribution is -2.38. The molecule has 0 aliphatic heterocycles. The summed E-state index contributed by atoms with van der Waals surface area (Å²) in [6, 6.07) is 0.595. The zero-order valence-corrected chi connectivity index (χ0v) is 12.3. The Labute approximate surface area is 113 Å². The maximum atomic E-state index is 4.60. The minimum atomic E-state index is 0.508. The van der Waals surface area contributed by atoms with Gasteiger partial charge in [-0.1, -0.05) is 20.8 Å². The molecule has 2 N–H and O–H groups in total. The first kappa shape index (κ1) is 13.3. The third kappa shape index (κ3) is 3.45. The van der Waals surface area contributed by atoms with Crippen molar-refractivity contribution in [2.75, 3.05) is 7.05 Å². The van der Waals surface area contributed by atoms with Crippen molar-refractivity contribution in [3.8, 4) is 0 Å². The average molecular weight is 266 g/mol. The molecule has 1 aromatic heterocycles. The van der Waals surface area contributed by atoms with E-state index in [4.69, 9.17) is 0 Å². The fourth-order valence-electron chi connectivity index (χ4n) is 1.74. The van der Waals surface area contributed by atoms with Gasteiger partial charge in [-0.25, -0.2) is 4.98 Å². The van der Waals surface area contributed by atoms with E-state index in [1.807, 2.05) is 7.05 Å². The van der Waals surface area contributed by atoms with Crippen LogP contribution in [0.5, 0.6) is 0 Å². The van der Waals surface area contributed by atoms with Crippen LogP contribution in [0.1, 0.15) is 43.8 Å². The van der Waals surface area contributed by atoms with Crippen molar-refractivity contribution in [2.45, 2.75) is 45.7 Å². The molecular formula is C13H22N4S. The molecule has 1 aliphatic carbocycles. The average Bonchev–Trinajstić information content (AvgIpc) is 2.84. The number of hydrogen-bond donors (Lipinski definition) is 2. The van der Waals surface area contributed by atoms with Crippen LogP contribution < -0.4 is 10.6 Å². The zero-order chi connectivity index (χ0) is 13.1. The Hall–Kier alpha value is -1.10. The van der Waals surface area contributed by atoms with Gasteiger partial charge in [0.25, 0.3) is 0 Å². The molecule has 5 heteroatoms. The lowest BCUT2D eigenvalue weighted by atomic mass is 10.2. The summed E-state index contributed by atoms with van der Waals surface area (Å²) in [7, 11) is 1.81. The third-order valence-corrected chi connectivity index (χ3v) is 4.35. The lowest BCUT2D eigenvalue weighted by molar-refractivity contribution is 0.753. The van der Waals surface area contributed by atoms with Gasteiger partial charge in [0.1, 0.15) is 0 Å². The molecule has 1 aliphatic rings. The highest BCUT2D eigenvalue weighted by Crippen LogP contribution is 2.28. The maximum Gasteiger partial charge on any atom is 0.191 e. The molecule has 1 saturated carbocycles. The topological polar surface area (TPSA) is 49.3 Å². The van der Waals surface area contributed by atoms with E-state index in [9.17, 15) is 0 Å². The summed E-state index contributed by atoms with van der Waals surface area (Å²) in [4.78, 5) is 8.83. The predicted octanol–water partition coefficient (Wildman–Crippen LogP) is 2.34. The van der Waals surface area contributed by atoms with E-state index in [2.05, 4.69) is 46.8 Å². The molecule has 0 aromatic carbocycles. The molecule has 2 unspecified atom stereocenters. The number of hydrogen-bond acceptors (Lipinski definition) is 3. The molecule has 1 aromatic rings. The van der Waals surface area contributed by atoms with Gasteiger partial charge in [-0.3, -0.25) is 4.99 Å². The van der Waals surface area contributed by atoms with E-state index in [1.54, 1.807) is 11.3 Å². The van der Waals surface area contributed by atoms with Crippen molar-refractivity contribution in [1.82, 2.24) is 15.6 Å². The summed E-state index contributed by atoms with van der Waals surface area (Å²) >= 11 is 1.73. The van der Waals surface area contributed by atoms with Gasteiger partial charge < -0.3 is 10.6 Å². The number of aliphatic imine (C=N–C) groups is 1. The molecule has 2 rings (SSSR count). The van der Waals surface area contributed by atoms with Gasteiger partial charge in [0.05, 0.1) is 17.2 Å². The predicted molar refractivity (Wildman–Crippen MR) is 77.1 cm³/mol. The van der Waals surface area contributed by atoms with E-state index < -0.39 is 0 Å². The molecule has 2 atom stereocenters. The van der Waals surface area contributed by atoms with Gasteiger partial charge in [-0.15, -0.1) is 11.3 Å². The van der Waals surface area contributed by atoms with Crippen molar-refractivity contribution in [3.05, 3.63) is 16.1 Å². The minimum absolute atomic E-state index is 0.508. The molecule has 1 heterocycles. The summed E-state index contributed by atoms with van der Waals surface area (Å²) in [6.45, 7) is 7.33. The van der Waals surface area contributed by atoms with Crippen LogP contribution >= 0.6 is 11.3 Å². The fraction of sp³-hybridized carbons (Fsp3) is 0.692. The molecule has 100 valence electrons. The minimum Gasteiger partial charge on any atom is -0.353 e. The Morgan fingerprint density at radius 1 is 1.61 bits per heavy atom. The van der Waals surface area contributed by atoms with Crippen molar-refractivity contribution in [3.63, 3.8) is 0 Å². The Morgan fingerprint density at radius 2 is 2.33 bits per heavy atom. The number of aromatic nitrogens is 1. The smallest absolute Gasteiger partial charge is 0.191 e. The van der Waals surface area contributed by atoms with E-state index in [0.29, 0.717) is 12.0 Å². The van der Waals surface area contributed by atoms with Gasteiger partial charge in [0.2, 0.25) is 0 Å². The van der Waals surface area contributed by atoms with Crippen LogP contribution in [0.15, 0.2) is 10.4 Å². The Bertz CT molecular complexity index is 424. The number of nitrogens with zero attached hydrogens (tertiary/aromatic N) is 2. The molecular weight excluding hydrogens is 244 g/mol. The largest absolute Gasteiger partial charge is 0.353 e. The monoisotopic (exact) mass is 266 g/mol. The van der Waals surface area contributed by atoms with Crippen molar-refractivity contribution < 1.29 is 0 Å². The molecule has 18 heavy (non-hydrogen) atoms. The van der Waals surface area contributed by atoms with Gasteiger partial charge in [-0.2, -0.15) is 0 Å². The van der Waals surface area contributed by atoms with Crippen LogP contribution in [-0.4, -0.2) is 24.0 Å². The summed E-state index contributed by atoms with van der Waals surface area (Å²) in [5.41, 5.74) is 1.09. The number of guanidine groups is 1. The van der Waals surface area contributed by atoms with E-state index in [1.165, 1.54) is 11.4 Å². The van der Waals surface area contributed by atoms with Gasteiger partial charge >= 0.3 is 0 Å². The molecule has 4 nitrogen and oxygen atoms in total. The lowest BCUT2D eigenvalue weighted by Gasteiger charge is -2.10. The first-order chi connectivity index (χ1) is 8.60. The SMILES string of the molecule is CN=C(NCc1csc(C(C)C)n1)NC1CC1C. The van der Waals surface area contributed by atoms with E-state index in [0.717, 1.165) is 24.1 Å².